The smallest absolute Gasteiger partial charge is 0.223 e. The third-order valence-corrected chi connectivity index (χ3v) is 4.35. The Morgan fingerprint density at radius 3 is 2.67 bits per heavy atom. The fourth-order valence-corrected chi connectivity index (χ4v) is 3.06. The van der Waals surface area contributed by atoms with E-state index in [2.05, 4.69) is 30.7 Å². The van der Waals surface area contributed by atoms with Crippen molar-refractivity contribution < 1.29 is 4.79 Å². The molecule has 4 heteroatoms. The lowest BCUT2D eigenvalue weighted by atomic mass is 9.96. The maximum absolute atomic E-state index is 12.6. The van der Waals surface area contributed by atoms with Crippen LogP contribution in [0.4, 0.5) is 5.69 Å². The van der Waals surface area contributed by atoms with Gasteiger partial charge in [0, 0.05) is 31.2 Å². The van der Waals surface area contributed by atoms with E-state index in [0.717, 1.165) is 31.7 Å². The van der Waals surface area contributed by atoms with Crippen molar-refractivity contribution in [2.24, 2.45) is 0 Å². The van der Waals surface area contributed by atoms with E-state index >= 15 is 0 Å². The van der Waals surface area contributed by atoms with Crippen molar-refractivity contribution in [3.05, 3.63) is 29.8 Å². The third-order valence-electron chi connectivity index (χ3n) is 4.35. The molecule has 116 valence electrons. The second-order valence-corrected chi connectivity index (χ2v) is 6.32. The van der Waals surface area contributed by atoms with Gasteiger partial charge in [0.2, 0.25) is 5.91 Å². The molecule has 2 rings (SSSR count). The van der Waals surface area contributed by atoms with Gasteiger partial charge >= 0.3 is 0 Å². The average Bonchev–Trinajstić information content (AvgIpc) is 2.60. The number of hydrogen-bond acceptors (Lipinski definition) is 3. The van der Waals surface area contributed by atoms with E-state index in [1.807, 2.05) is 24.3 Å². The van der Waals surface area contributed by atoms with Gasteiger partial charge in [-0.3, -0.25) is 4.79 Å². The molecule has 1 aromatic rings. The zero-order valence-corrected chi connectivity index (χ0v) is 13.4. The number of nitrogens with zero attached hydrogens (tertiary/aromatic N) is 2. The molecule has 4 nitrogen and oxygen atoms in total. The van der Waals surface area contributed by atoms with Crippen molar-refractivity contribution in [3.63, 3.8) is 0 Å². The summed E-state index contributed by atoms with van der Waals surface area (Å²) in [5, 5.41) is 0. The lowest BCUT2D eigenvalue weighted by molar-refractivity contribution is -0.133. The molecule has 1 aliphatic heterocycles. The highest BCUT2D eigenvalue weighted by molar-refractivity contribution is 5.77. The molecule has 0 aliphatic carbocycles. The van der Waals surface area contributed by atoms with E-state index in [9.17, 15) is 4.79 Å². The number of benzene rings is 1. The molecule has 2 unspecified atom stereocenters. The highest BCUT2D eigenvalue weighted by Crippen LogP contribution is 2.22. The topological polar surface area (TPSA) is 49.6 Å². The first-order chi connectivity index (χ1) is 9.97. The predicted molar refractivity (Wildman–Crippen MR) is 87.2 cm³/mol. The average molecular weight is 289 g/mol. The monoisotopic (exact) mass is 289 g/mol. The van der Waals surface area contributed by atoms with Crippen LogP contribution in [-0.4, -0.2) is 48.4 Å². The van der Waals surface area contributed by atoms with Crippen LogP contribution in [0.15, 0.2) is 24.3 Å². The third kappa shape index (κ3) is 4.21. The number of nitrogens with two attached hydrogens (primary N) is 1. The van der Waals surface area contributed by atoms with E-state index in [1.165, 1.54) is 5.56 Å². The van der Waals surface area contributed by atoms with Crippen molar-refractivity contribution in [1.82, 2.24) is 9.80 Å². The molecular formula is C17H27N3O. The van der Waals surface area contributed by atoms with Crippen LogP contribution in [0.1, 0.15) is 38.2 Å². The van der Waals surface area contributed by atoms with Crippen molar-refractivity contribution in [1.29, 1.82) is 0 Å². The van der Waals surface area contributed by atoms with Gasteiger partial charge < -0.3 is 15.5 Å². The first kappa shape index (κ1) is 15.8. The maximum Gasteiger partial charge on any atom is 0.223 e. The number of likely N-dealkylation sites (N-methyl/N-ethyl adjacent to an activating group) is 1. The second-order valence-electron chi connectivity index (χ2n) is 6.32. The zero-order chi connectivity index (χ0) is 15.4. The molecule has 1 heterocycles. The molecule has 0 aromatic heterocycles. The Morgan fingerprint density at radius 1 is 1.33 bits per heavy atom. The van der Waals surface area contributed by atoms with Crippen LogP contribution in [0.25, 0.3) is 0 Å². The first-order valence-corrected chi connectivity index (χ1v) is 7.81. The van der Waals surface area contributed by atoms with Gasteiger partial charge in [-0.05, 0) is 50.6 Å². The Morgan fingerprint density at radius 2 is 2.00 bits per heavy atom. The molecule has 1 saturated heterocycles. The van der Waals surface area contributed by atoms with Gasteiger partial charge in [0.1, 0.15) is 0 Å². The number of anilines is 1. The molecule has 2 N–H and O–H groups in total. The fourth-order valence-electron chi connectivity index (χ4n) is 3.06. The predicted octanol–water partition coefficient (Wildman–Crippen LogP) is 2.32. The molecule has 1 aromatic carbocycles. The molecule has 0 bridgehead atoms. The number of hydrogen-bond donors (Lipinski definition) is 1. The summed E-state index contributed by atoms with van der Waals surface area (Å²) in [5.41, 5.74) is 7.66. The van der Waals surface area contributed by atoms with E-state index in [-0.39, 0.29) is 11.8 Å². The van der Waals surface area contributed by atoms with Crippen LogP contribution in [0.5, 0.6) is 0 Å². The molecule has 1 amide bonds. The Hall–Kier alpha value is -1.55. The molecule has 0 radical (unpaired) electrons. The van der Waals surface area contributed by atoms with Crippen LogP contribution in [0.2, 0.25) is 0 Å². The summed E-state index contributed by atoms with van der Waals surface area (Å²) in [6.07, 6.45) is 1.63. The maximum atomic E-state index is 12.6. The molecule has 2 atom stereocenters. The molecule has 0 spiro atoms. The minimum Gasteiger partial charge on any atom is -0.399 e. The summed E-state index contributed by atoms with van der Waals surface area (Å²) in [6.45, 7) is 7.16. The van der Waals surface area contributed by atoms with Gasteiger partial charge in [0.15, 0.2) is 0 Å². The Balaban J connectivity index is 1.98. The standard InChI is InChI=1S/C17H27N3O/c1-13(15-5-7-16(18)8-6-15)11-17(21)20-10-4-9-19(3)12-14(20)2/h5-8,13-14H,4,9-12,18H2,1-3H3. The van der Waals surface area contributed by atoms with Gasteiger partial charge in [0.05, 0.1) is 0 Å². The van der Waals surface area contributed by atoms with Crippen molar-refractivity contribution in [2.75, 3.05) is 32.4 Å². The summed E-state index contributed by atoms with van der Waals surface area (Å²) < 4.78 is 0. The highest BCUT2D eigenvalue weighted by Gasteiger charge is 2.25. The molecular weight excluding hydrogens is 262 g/mol. The van der Waals surface area contributed by atoms with Crippen molar-refractivity contribution in [3.8, 4) is 0 Å². The van der Waals surface area contributed by atoms with Gasteiger partial charge in [-0.1, -0.05) is 19.1 Å². The van der Waals surface area contributed by atoms with E-state index in [4.69, 9.17) is 5.73 Å². The summed E-state index contributed by atoms with van der Waals surface area (Å²) in [4.78, 5) is 17.0. The quantitative estimate of drug-likeness (QED) is 0.869. The van der Waals surface area contributed by atoms with Crippen molar-refractivity contribution in [2.45, 2.75) is 38.6 Å². The van der Waals surface area contributed by atoms with Crippen LogP contribution >= 0.6 is 0 Å². The summed E-state index contributed by atoms with van der Waals surface area (Å²) in [5.74, 6) is 0.494. The van der Waals surface area contributed by atoms with Crippen LogP contribution in [0, 0.1) is 0 Å². The van der Waals surface area contributed by atoms with E-state index in [1.54, 1.807) is 0 Å². The number of carbonyl (C=O) groups is 1. The lowest BCUT2D eigenvalue weighted by Crippen LogP contribution is -2.42. The fraction of sp³-hybridized carbons (Fsp3) is 0.588. The first-order valence-electron chi connectivity index (χ1n) is 7.81. The largest absolute Gasteiger partial charge is 0.399 e. The Bertz CT molecular complexity index is 471. The summed E-state index contributed by atoms with van der Waals surface area (Å²) in [6, 6.07) is 8.14. The molecule has 0 saturated carbocycles. The minimum atomic E-state index is 0.228. The molecule has 21 heavy (non-hydrogen) atoms. The van der Waals surface area contributed by atoms with Gasteiger partial charge in [0.25, 0.3) is 0 Å². The van der Waals surface area contributed by atoms with Crippen LogP contribution in [0.3, 0.4) is 0 Å². The van der Waals surface area contributed by atoms with E-state index in [0.29, 0.717) is 12.5 Å². The van der Waals surface area contributed by atoms with Gasteiger partial charge in [-0.15, -0.1) is 0 Å². The second kappa shape index (κ2) is 6.94. The number of carbonyl (C=O) groups excluding carboxylic acids is 1. The minimum absolute atomic E-state index is 0.228. The number of amides is 1. The Labute approximate surface area is 127 Å². The number of rotatable bonds is 3. The number of nitrogen functional groups attached to an aromatic ring is 1. The normalized spacial score (nSPS) is 21.9. The van der Waals surface area contributed by atoms with Gasteiger partial charge in [-0.25, -0.2) is 0 Å². The van der Waals surface area contributed by atoms with Crippen molar-refractivity contribution >= 4 is 11.6 Å². The molecule has 1 fully saturated rings. The zero-order valence-electron chi connectivity index (χ0n) is 13.4. The van der Waals surface area contributed by atoms with Crippen LogP contribution < -0.4 is 5.73 Å². The highest BCUT2D eigenvalue weighted by atomic mass is 16.2. The van der Waals surface area contributed by atoms with Crippen LogP contribution in [-0.2, 0) is 4.79 Å². The lowest BCUT2D eigenvalue weighted by Gasteiger charge is -2.29. The SMILES string of the molecule is CC(CC(=O)N1CCCN(C)CC1C)c1ccc(N)cc1. The van der Waals surface area contributed by atoms with E-state index < -0.39 is 0 Å². The Kier molecular flexibility index (Phi) is 5.23. The van der Waals surface area contributed by atoms with Gasteiger partial charge in [-0.2, -0.15) is 0 Å². The summed E-state index contributed by atoms with van der Waals surface area (Å²) in [7, 11) is 2.13. The molecule has 1 aliphatic rings. The summed E-state index contributed by atoms with van der Waals surface area (Å²) >= 11 is 0.